The summed E-state index contributed by atoms with van der Waals surface area (Å²) >= 11 is 0. The third kappa shape index (κ3) is 9.83. The average molecular weight is 807 g/mol. The minimum absolute atomic E-state index is 0.0107. The zero-order valence-electron chi connectivity index (χ0n) is 37.6. The number of phenolic OH excluding ortho intramolecular Hbond substituents is 2. The molecule has 0 saturated heterocycles. The molecule has 7 nitrogen and oxygen atoms in total. The molecule has 59 heavy (non-hydrogen) atoms. The van der Waals surface area contributed by atoms with Crippen LogP contribution < -0.4 is 4.74 Å². The van der Waals surface area contributed by atoms with Gasteiger partial charge in [-0.25, -0.2) is 0 Å². The van der Waals surface area contributed by atoms with Crippen LogP contribution in [0.5, 0.6) is 17.2 Å². The number of Topliss-reactive ketones (excluding diaryl/α,β-unsaturated/α-hetero) is 2. The summed E-state index contributed by atoms with van der Waals surface area (Å²) in [4.78, 5) is 30.3. The third-order valence-corrected chi connectivity index (χ3v) is 13.0. The van der Waals surface area contributed by atoms with E-state index in [2.05, 4.69) is 71.9 Å². The highest BCUT2D eigenvalue weighted by Gasteiger charge is 2.75. The van der Waals surface area contributed by atoms with Crippen LogP contribution in [0.25, 0.3) is 0 Å². The Hall–Kier alpha value is -4.36. The normalized spacial score (nSPS) is 27.9. The molecule has 6 rings (SSSR count). The monoisotopic (exact) mass is 807 g/mol. The molecule has 1 spiro atoms. The summed E-state index contributed by atoms with van der Waals surface area (Å²) in [6.45, 7) is 20.7. The van der Waals surface area contributed by atoms with Gasteiger partial charge in [0.25, 0.3) is 5.79 Å². The van der Waals surface area contributed by atoms with Gasteiger partial charge in [-0.05, 0) is 159 Å². The standard InChI is InChI=1S/C52H70O7/c1-33(2)16-11-17-34(3)18-12-19-35(4)20-13-23-37(6)26-28-40-45-43(32-42(53)46(40)54)58-52(57)48(55)44-41-29-27-38(7)24-14-21-36(5)22-15-25-39(8)30-31-51(45,52)49(56)47(44)59-50(41,9)10/h16,18,20,22,24,26,30,32,41,53-54,57H,11-15,17,19,21,23,25,27-29,31H2,1-10H3/b34-18+,35-20+,36-22-,37-26+,38-24-,39-30-/t41-,51+,52-/m1/s1. The van der Waals surface area contributed by atoms with Gasteiger partial charge in [0, 0.05) is 23.1 Å². The number of allylic oxidation sites excluding steroid dienone is 15. The Labute approximate surface area is 354 Å². The highest BCUT2D eigenvalue weighted by Crippen LogP contribution is 2.62. The van der Waals surface area contributed by atoms with E-state index < -0.39 is 45.8 Å². The van der Waals surface area contributed by atoms with Crippen molar-refractivity contribution in [1.82, 2.24) is 0 Å². The van der Waals surface area contributed by atoms with Crippen molar-refractivity contribution in [2.24, 2.45) is 5.92 Å². The van der Waals surface area contributed by atoms with Gasteiger partial charge >= 0.3 is 0 Å². The lowest BCUT2D eigenvalue weighted by atomic mass is 9.60. The first kappa shape index (κ1) is 45.7. The summed E-state index contributed by atoms with van der Waals surface area (Å²) in [6, 6.07) is 1.22. The minimum Gasteiger partial charge on any atom is -0.504 e. The van der Waals surface area contributed by atoms with Crippen molar-refractivity contribution in [2.45, 2.75) is 176 Å². The van der Waals surface area contributed by atoms with Crippen LogP contribution in [0.3, 0.4) is 0 Å². The number of carbonyl (C=O) groups is 2. The van der Waals surface area contributed by atoms with E-state index in [1.54, 1.807) is 0 Å². The van der Waals surface area contributed by atoms with Crippen LogP contribution in [-0.4, -0.2) is 38.3 Å². The fraction of sp³-hybridized carbons (Fsp3) is 0.538. The fourth-order valence-corrected chi connectivity index (χ4v) is 9.24. The molecule has 1 aromatic carbocycles. The highest BCUT2D eigenvalue weighted by atomic mass is 16.6. The maximum atomic E-state index is 15.4. The Balaban J connectivity index is 1.49. The maximum absolute atomic E-state index is 15.4. The predicted molar refractivity (Wildman–Crippen MR) is 238 cm³/mol. The Morgan fingerprint density at radius 3 is 1.88 bits per heavy atom. The molecule has 2 aliphatic heterocycles. The van der Waals surface area contributed by atoms with Crippen molar-refractivity contribution < 1.29 is 34.4 Å². The van der Waals surface area contributed by atoms with E-state index in [4.69, 9.17) is 9.47 Å². The molecule has 4 bridgehead atoms. The average Bonchev–Trinajstić information content (AvgIpc) is 3.58. The van der Waals surface area contributed by atoms with Gasteiger partial charge in [0.2, 0.25) is 11.6 Å². The zero-order valence-corrected chi connectivity index (χ0v) is 37.6. The smallest absolute Gasteiger partial charge is 0.290 e. The second-order valence-corrected chi connectivity index (χ2v) is 18.6. The van der Waals surface area contributed by atoms with Crippen molar-refractivity contribution in [1.29, 1.82) is 0 Å². The van der Waals surface area contributed by atoms with Crippen LogP contribution in [0.15, 0.2) is 98.9 Å². The molecule has 0 unspecified atom stereocenters. The van der Waals surface area contributed by atoms with Crippen LogP contribution in [0.2, 0.25) is 0 Å². The Morgan fingerprint density at radius 2 is 1.29 bits per heavy atom. The van der Waals surface area contributed by atoms with Gasteiger partial charge in [-0.3, -0.25) is 9.59 Å². The molecule has 3 N–H and O–H groups in total. The topological polar surface area (TPSA) is 113 Å². The number of ketones is 2. The molecule has 7 heteroatoms. The van der Waals surface area contributed by atoms with Crippen molar-refractivity contribution >= 4 is 11.6 Å². The Morgan fingerprint density at radius 1 is 0.746 bits per heavy atom. The van der Waals surface area contributed by atoms with Crippen LogP contribution in [0.4, 0.5) is 0 Å². The molecular weight excluding hydrogens is 737 g/mol. The van der Waals surface area contributed by atoms with Crippen LogP contribution in [0.1, 0.15) is 164 Å². The molecule has 1 aromatic rings. The van der Waals surface area contributed by atoms with E-state index in [0.717, 1.165) is 75.4 Å². The maximum Gasteiger partial charge on any atom is 0.290 e. The molecular formula is C52H70O7. The SMILES string of the molecule is CC(C)=CCC/C(C)=C/CC/C(C)=C/CC/C(C)=C/Cc1c(O)c(O)cc2c1[C@@]13C/C=C(/C)CC/C=C(/C)CC/C=C(/C)CC[C@@H]4C(=C(OC4(C)C)C1=O)C(=O)[C@@]3(O)O2. The number of benzene rings is 1. The lowest BCUT2D eigenvalue weighted by molar-refractivity contribution is -0.190. The summed E-state index contributed by atoms with van der Waals surface area (Å²) < 4.78 is 12.8. The van der Waals surface area contributed by atoms with E-state index in [0.29, 0.717) is 12.8 Å². The molecule has 320 valence electrons. The predicted octanol–water partition coefficient (Wildman–Crippen LogP) is 12.5. The first-order chi connectivity index (χ1) is 27.8. The molecule has 5 aliphatic rings. The number of carbonyl (C=O) groups excluding carboxylic acids is 2. The van der Waals surface area contributed by atoms with Crippen LogP contribution >= 0.6 is 0 Å². The number of phenols is 2. The van der Waals surface area contributed by atoms with E-state index in [9.17, 15) is 20.1 Å². The quantitative estimate of drug-likeness (QED) is 0.151. The fourth-order valence-electron chi connectivity index (χ4n) is 9.24. The first-order valence-electron chi connectivity index (χ1n) is 21.9. The summed E-state index contributed by atoms with van der Waals surface area (Å²) in [5.41, 5.74) is 6.49. The summed E-state index contributed by atoms with van der Waals surface area (Å²) in [7, 11) is 0. The number of rotatable bonds is 11. The number of aromatic hydroxyl groups is 2. The van der Waals surface area contributed by atoms with Crippen LogP contribution in [-0.2, 0) is 26.2 Å². The van der Waals surface area contributed by atoms with Crippen molar-refractivity contribution in [3.63, 3.8) is 0 Å². The Kier molecular flexibility index (Phi) is 14.7. The summed E-state index contributed by atoms with van der Waals surface area (Å²) in [6.07, 6.45) is 25.9. The molecule has 0 fully saturated rings. The van der Waals surface area contributed by atoms with Gasteiger partial charge in [-0.15, -0.1) is 0 Å². The molecule has 0 amide bonds. The zero-order chi connectivity index (χ0) is 43.3. The first-order valence-corrected chi connectivity index (χ1v) is 21.9. The number of ether oxygens (including phenoxy) is 2. The number of aliphatic hydroxyl groups is 1. The third-order valence-electron chi connectivity index (χ3n) is 13.0. The van der Waals surface area contributed by atoms with Gasteiger partial charge in [0.05, 0.1) is 5.57 Å². The van der Waals surface area contributed by atoms with Gasteiger partial charge < -0.3 is 24.8 Å². The number of fused-ring (bicyclic) bond motifs is 10. The van der Waals surface area contributed by atoms with Gasteiger partial charge in [-0.1, -0.05) is 81.5 Å². The Bertz CT molecular complexity index is 2060. The van der Waals surface area contributed by atoms with Crippen molar-refractivity contribution in [2.75, 3.05) is 0 Å². The largest absolute Gasteiger partial charge is 0.504 e. The molecule has 2 heterocycles. The van der Waals surface area contributed by atoms with Gasteiger partial charge in [0.15, 0.2) is 17.3 Å². The molecule has 0 radical (unpaired) electrons. The molecule has 0 saturated carbocycles. The van der Waals surface area contributed by atoms with E-state index in [1.807, 2.05) is 39.8 Å². The summed E-state index contributed by atoms with van der Waals surface area (Å²) in [5, 5.41) is 35.4. The van der Waals surface area contributed by atoms with E-state index >= 15 is 4.79 Å². The van der Waals surface area contributed by atoms with Gasteiger partial charge in [0.1, 0.15) is 16.8 Å². The van der Waals surface area contributed by atoms with Crippen LogP contribution in [0, 0.1) is 5.92 Å². The minimum atomic E-state index is -2.62. The highest BCUT2D eigenvalue weighted by molar-refractivity contribution is 6.21. The summed E-state index contributed by atoms with van der Waals surface area (Å²) in [5.74, 6) is -5.18. The van der Waals surface area contributed by atoms with Crippen molar-refractivity contribution in [3.8, 4) is 17.2 Å². The van der Waals surface area contributed by atoms with Gasteiger partial charge in [-0.2, -0.15) is 0 Å². The number of hydrogen-bond acceptors (Lipinski definition) is 7. The molecule has 3 aliphatic carbocycles. The van der Waals surface area contributed by atoms with E-state index in [1.165, 1.54) is 33.9 Å². The molecule has 0 aromatic heterocycles. The number of hydrogen-bond donors (Lipinski definition) is 3. The van der Waals surface area contributed by atoms with E-state index in [-0.39, 0.29) is 41.1 Å². The lowest BCUT2D eigenvalue weighted by Gasteiger charge is -2.41. The second kappa shape index (κ2) is 18.9. The second-order valence-electron chi connectivity index (χ2n) is 18.6. The lowest BCUT2D eigenvalue weighted by Crippen LogP contribution is -2.64. The molecule has 3 atom stereocenters. The van der Waals surface area contributed by atoms with Crippen molar-refractivity contribution in [3.05, 3.63) is 110 Å².